The molecule has 1 saturated heterocycles. The molecular formula is C8H15NO2. The molecule has 0 aromatic rings. The number of nitrogens with one attached hydrogen (secondary N) is 1. The molecule has 0 aromatic carbocycles. The summed E-state index contributed by atoms with van der Waals surface area (Å²) in [7, 11) is 0. The number of amides is 1. The Bertz CT molecular complexity index is 147. The van der Waals surface area contributed by atoms with E-state index in [1.54, 1.807) is 6.92 Å². The van der Waals surface area contributed by atoms with E-state index < -0.39 is 0 Å². The molecule has 1 N–H and O–H groups in total. The van der Waals surface area contributed by atoms with Gasteiger partial charge in [0.2, 0.25) is 5.91 Å². The monoisotopic (exact) mass is 157 g/mol. The first-order valence-electron chi connectivity index (χ1n) is 4.17. The third-order valence-corrected chi connectivity index (χ3v) is 1.88. The molecule has 3 nitrogen and oxygen atoms in total. The van der Waals surface area contributed by atoms with Gasteiger partial charge in [-0.25, -0.2) is 0 Å². The lowest BCUT2D eigenvalue weighted by atomic mass is 10.1. The van der Waals surface area contributed by atoms with Crippen LogP contribution in [0.25, 0.3) is 0 Å². The third-order valence-electron chi connectivity index (χ3n) is 1.88. The Balaban J connectivity index is 2.33. The highest BCUT2D eigenvalue weighted by Crippen LogP contribution is 2.08. The minimum atomic E-state index is -0.264. The fourth-order valence-corrected chi connectivity index (χ4v) is 1.25. The number of ether oxygens (including phenoxy) is 1. The molecule has 64 valence electrons. The van der Waals surface area contributed by atoms with E-state index in [0.29, 0.717) is 6.54 Å². The van der Waals surface area contributed by atoms with E-state index in [2.05, 4.69) is 12.2 Å². The van der Waals surface area contributed by atoms with E-state index in [9.17, 15) is 4.79 Å². The zero-order valence-corrected chi connectivity index (χ0v) is 7.09. The molecule has 0 radical (unpaired) electrons. The number of morpholine rings is 1. The smallest absolute Gasteiger partial charge is 0.248 e. The van der Waals surface area contributed by atoms with Crippen LogP contribution in [0, 0.1) is 0 Å². The van der Waals surface area contributed by atoms with Crippen LogP contribution in [0.4, 0.5) is 0 Å². The van der Waals surface area contributed by atoms with Crippen molar-refractivity contribution in [2.45, 2.75) is 38.9 Å². The molecule has 11 heavy (non-hydrogen) atoms. The Morgan fingerprint density at radius 1 is 1.73 bits per heavy atom. The summed E-state index contributed by atoms with van der Waals surface area (Å²) in [4.78, 5) is 10.9. The van der Waals surface area contributed by atoms with Crippen LogP contribution < -0.4 is 5.32 Å². The van der Waals surface area contributed by atoms with Gasteiger partial charge in [-0.2, -0.15) is 0 Å². The van der Waals surface area contributed by atoms with E-state index in [1.807, 2.05) is 0 Å². The fraction of sp³-hybridized carbons (Fsp3) is 0.875. The number of hydrogen-bond donors (Lipinski definition) is 1. The number of rotatable bonds is 2. The Hall–Kier alpha value is -0.570. The van der Waals surface area contributed by atoms with Gasteiger partial charge in [-0.15, -0.1) is 0 Å². The van der Waals surface area contributed by atoms with E-state index in [1.165, 1.54) is 0 Å². The molecule has 1 heterocycles. The Morgan fingerprint density at radius 2 is 2.45 bits per heavy atom. The molecular weight excluding hydrogens is 142 g/mol. The Kier molecular flexibility index (Phi) is 2.88. The van der Waals surface area contributed by atoms with Crippen LogP contribution in [-0.2, 0) is 9.53 Å². The maximum atomic E-state index is 10.9. The second-order valence-electron chi connectivity index (χ2n) is 2.93. The minimum Gasteiger partial charge on any atom is -0.364 e. The van der Waals surface area contributed by atoms with E-state index in [0.717, 1.165) is 12.8 Å². The summed E-state index contributed by atoms with van der Waals surface area (Å²) >= 11 is 0. The molecule has 0 unspecified atom stereocenters. The van der Waals surface area contributed by atoms with Gasteiger partial charge in [-0.05, 0) is 13.3 Å². The van der Waals surface area contributed by atoms with Gasteiger partial charge in [0.15, 0.2) is 0 Å². The van der Waals surface area contributed by atoms with E-state index >= 15 is 0 Å². The largest absolute Gasteiger partial charge is 0.364 e. The first kappa shape index (κ1) is 8.53. The molecule has 1 fully saturated rings. The van der Waals surface area contributed by atoms with Crippen LogP contribution in [0.3, 0.4) is 0 Å². The van der Waals surface area contributed by atoms with Gasteiger partial charge >= 0.3 is 0 Å². The molecule has 3 heteroatoms. The Morgan fingerprint density at radius 3 is 3.00 bits per heavy atom. The lowest BCUT2D eigenvalue weighted by molar-refractivity contribution is -0.142. The van der Waals surface area contributed by atoms with Crippen molar-refractivity contribution >= 4 is 5.91 Å². The van der Waals surface area contributed by atoms with Gasteiger partial charge in [0.05, 0.1) is 6.10 Å². The standard InChI is InChI=1S/C8H15NO2/c1-3-4-7-5-9-8(10)6(2)11-7/h6-7H,3-5H2,1-2H3,(H,9,10)/t6-,7+/m1/s1. The fourth-order valence-electron chi connectivity index (χ4n) is 1.25. The van der Waals surface area contributed by atoms with Gasteiger partial charge < -0.3 is 10.1 Å². The van der Waals surface area contributed by atoms with Crippen molar-refractivity contribution in [3.8, 4) is 0 Å². The van der Waals surface area contributed by atoms with Crippen LogP contribution in [0.1, 0.15) is 26.7 Å². The van der Waals surface area contributed by atoms with Gasteiger partial charge in [-0.1, -0.05) is 13.3 Å². The average molecular weight is 157 g/mol. The van der Waals surface area contributed by atoms with E-state index in [-0.39, 0.29) is 18.1 Å². The molecule has 1 aliphatic heterocycles. The maximum absolute atomic E-state index is 10.9. The highest BCUT2D eigenvalue weighted by molar-refractivity contribution is 5.80. The first-order valence-corrected chi connectivity index (χ1v) is 4.17. The molecule has 1 rings (SSSR count). The molecule has 0 bridgehead atoms. The van der Waals surface area contributed by atoms with Crippen molar-refractivity contribution in [1.29, 1.82) is 0 Å². The Labute approximate surface area is 67.1 Å². The van der Waals surface area contributed by atoms with Crippen molar-refractivity contribution in [3.05, 3.63) is 0 Å². The average Bonchev–Trinajstić information content (AvgIpc) is 1.98. The van der Waals surface area contributed by atoms with Crippen LogP contribution in [0.2, 0.25) is 0 Å². The van der Waals surface area contributed by atoms with Gasteiger partial charge in [0.1, 0.15) is 6.10 Å². The van der Waals surface area contributed by atoms with Crippen molar-refractivity contribution in [2.75, 3.05) is 6.54 Å². The lowest BCUT2D eigenvalue weighted by Gasteiger charge is -2.27. The molecule has 0 aliphatic carbocycles. The van der Waals surface area contributed by atoms with Crippen LogP contribution in [0.5, 0.6) is 0 Å². The third kappa shape index (κ3) is 2.19. The highest BCUT2D eigenvalue weighted by atomic mass is 16.5. The molecule has 1 aliphatic rings. The topological polar surface area (TPSA) is 38.3 Å². The van der Waals surface area contributed by atoms with Crippen molar-refractivity contribution in [2.24, 2.45) is 0 Å². The van der Waals surface area contributed by atoms with Crippen LogP contribution in [0.15, 0.2) is 0 Å². The molecule has 0 spiro atoms. The number of carbonyl (C=O) groups is 1. The van der Waals surface area contributed by atoms with Crippen molar-refractivity contribution < 1.29 is 9.53 Å². The van der Waals surface area contributed by atoms with Gasteiger partial charge in [-0.3, -0.25) is 4.79 Å². The first-order chi connectivity index (χ1) is 5.24. The highest BCUT2D eigenvalue weighted by Gasteiger charge is 2.24. The predicted molar refractivity (Wildman–Crippen MR) is 42.3 cm³/mol. The second kappa shape index (κ2) is 3.72. The molecule has 0 aromatic heterocycles. The summed E-state index contributed by atoms with van der Waals surface area (Å²) in [6, 6.07) is 0. The summed E-state index contributed by atoms with van der Waals surface area (Å²) in [5.74, 6) is 0.0114. The summed E-state index contributed by atoms with van der Waals surface area (Å²) in [6.07, 6.45) is 2.10. The maximum Gasteiger partial charge on any atom is 0.248 e. The van der Waals surface area contributed by atoms with Crippen molar-refractivity contribution in [1.82, 2.24) is 5.32 Å². The summed E-state index contributed by atoms with van der Waals surface area (Å²) in [5, 5.41) is 2.80. The summed E-state index contributed by atoms with van der Waals surface area (Å²) in [5.41, 5.74) is 0. The predicted octanol–water partition coefficient (Wildman–Crippen LogP) is 0.690. The molecule has 0 saturated carbocycles. The quantitative estimate of drug-likeness (QED) is 0.640. The van der Waals surface area contributed by atoms with Crippen LogP contribution in [-0.4, -0.2) is 24.7 Å². The lowest BCUT2D eigenvalue weighted by Crippen LogP contribution is -2.47. The van der Waals surface area contributed by atoms with Gasteiger partial charge in [0, 0.05) is 6.54 Å². The van der Waals surface area contributed by atoms with Crippen LogP contribution >= 0.6 is 0 Å². The van der Waals surface area contributed by atoms with E-state index in [4.69, 9.17) is 4.74 Å². The number of hydrogen-bond acceptors (Lipinski definition) is 2. The normalized spacial score (nSPS) is 31.6. The van der Waals surface area contributed by atoms with Crippen molar-refractivity contribution in [3.63, 3.8) is 0 Å². The molecule has 1 amide bonds. The summed E-state index contributed by atoms with van der Waals surface area (Å²) < 4.78 is 5.43. The SMILES string of the molecule is CCC[C@H]1CNC(=O)[C@@H](C)O1. The zero-order valence-electron chi connectivity index (χ0n) is 7.09. The number of carbonyl (C=O) groups excluding carboxylic acids is 1. The molecule has 2 atom stereocenters. The zero-order chi connectivity index (χ0) is 8.27. The second-order valence-corrected chi connectivity index (χ2v) is 2.93. The van der Waals surface area contributed by atoms with Gasteiger partial charge in [0.25, 0.3) is 0 Å². The minimum absolute atomic E-state index is 0.0114. The summed E-state index contributed by atoms with van der Waals surface area (Å²) in [6.45, 7) is 4.58.